The maximum atomic E-state index is 12.2. The largest absolute Gasteiger partial charge is 0.347 e. The monoisotopic (exact) mass is 289 g/mol. The van der Waals surface area contributed by atoms with Crippen molar-refractivity contribution in [2.24, 2.45) is 0 Å². The molecule has 3 rings (SSSR count). The van der Waals surface area contributed by atoms with E-state index in [0.29, 0.717) is 17.3 Å². The molecule has 0 fully saturated rings. The van der Waals surface area contributed by atoms with E-state index in [1.165, 1.54) is 6.42 Å². The fraction of sp³-hybridized carbons (Fsp3) is 0.333. The summed E-state index contributed by atoms with van der Waals surface area (Å²) < 4.78 is 0. The average molecular weight is 290 g/mol. The van der Waals surface area contributed by atoms with Crippen molar-refractivity contribution < 1.29 is 4.79 Å². The Balaban J connectivity index is 1.67. The molecule has 1 aliphatic rings. The minimum atomic E-state index is -0.112. The topological polar surface area (TPSA) is 57.8 Å². The molecule has 0 spiro atoms. The molecule has 5 heteroatoms. The first-order valence-electron chi connectivity index (χ1n) is 6.83. The number of fused-ring (bicyclic) bond motifs is 1. The first kappa shape index (κ1) is 13.2. The average Bonchev–Trinajstić information content (AvgIpc) is 2.90. The van der Waals surface area contributed by atoms with Gasteiger partial charge in [-0.1, -0.05) is 23.7 Å². The fourth-order valence-electron chi connectivity index (χ4n) is 2.54. The van der Waals surface area contributed by atoms with Gasteiger partial charge in [0.1, 0.15) is 0 Å². The maximum Gasteiger partial charge on any atom is 0.272 e. The Kier molecular flexibility index (Phi) is 3.74. The number of hydrogen-bond donors (Lipinski definition) is 2. The Bertz CT molecular complexity index is 619. The molecule has 0 saturated heterocycles. The van der Waals surface area contributed by atoms with Crippen LogP contribution < -0.4 is 5.32 Å². The van der Waals surface area contributed by atoms with Crippen LogP contribution >= 0.6 is 11.6 Å². The molecule has 2 N–H and O–H groups in total. The third kappa shape index (κ3) is 2.70. The minimum absolute atomic E-state index is 0.112. The highest BCUT2D eigenvalue weighted by atomic mass is 35.5. The standard InChI is InChI=1S/C15H16ClN3O/c16-11-7-5-10(6-8-11)9-17-15(20)14-12-3-1-2-4-13(12)18-19-14/h5-8H,1-4,9H2,(H,17,20)(H,18,19). The predicted molar refractivity (Wildman–Crippen MR) is 77.9 cm³/mol. The van der Waals surface area contributed by atoms with Crippen molar-refractivity contribution in [2.75, 3.05) is 0 Å². The number of rotatable bonds is 3. The summed E-state index contributed by atoms with van der Waals surface area (Å²) in [5, 5.41) is 10.8. The predicted octanol–water partition coefficient (Wildman–Crippen LogP) is 2.87. The van der Waals surface area contributed by atoms with Gasteiger partial charge in [-0.15, -0.1) is 0 Å². The summed E-state index contributed by atoms with van der Waals surface area (Å²) in [7, 11) is 0. The molecule has 0 radical (unpaired) electrons. The molecule has 0 bridgehead atoms. The minimum Gasteiger partial charge on any atom is -0.347 e. The lowest BCUT2D eigenvalue weighted by atomic mass is 9.96. The molecular weight excluding hydrogens is 274 g/mol. The van der Waals surface area contributed by atoms with Gasteiger partial charge in [0.2, 0.25) is 0 Å². The number of aromatic nitrogens is 2. The zero-order valence-electron chi connectivity index (χ0n) is 11.1. The van der Waals surface area contributed by atoms with E-state index >= 15 is 0 Å². The molecular formula is C15H16ClN3O. The van der Waals surface area contributed by atoms with Gasteiger partial charge in [0.05, 0.1) is 0 Å². The maximum absolute atomic E-state index is 12.2. The van der Waals surface area contributed by atoms with Crippen molar-refractivity contribution in [3.05, 3.63) is 51.8 Å². The number of nitrogens with zero attached hydrogens (tertiary/aromatic N) is 1. The lowest BCUT2D eigenvalue weighted by molar-refractivity contribution is 0.0945. The Labute approximate surface area is 122 Å². The number of carbonyl (C=O) groups excluding carboxylic acids is 1. The van der Waals surface area contributed by atoms with E-state index in [-0.39, 0.29) is 5.91 Å². The Morgan fingerprint density at radius 1 is 1.25 bits per heavy atom. The van der Waals surface area contributed by atoms with E-state index in [2.05, 4.69) is 15.5 Å². The molecule has 2 aromatic rings. The number of aromatic amines is 1. The number of nitrogens with one attached hydrogen (secondary N) is 2. The van der Waals surface area contributed by atoms with Crippen molar-refractivity contribution in [3.8, 4) is 0 Å². The molecule has 1 aliphatic carbocycles. The van der Waals surface area contributed by atoms with Crippen LogP contribution in [0, 0.1) is 0 Å². The summed E-state index contributed by atoms with van der Waals surface area (Å²) in [6, 6.07) is 7.45. The number of amides is 1. The third-order valence-electron chi connectivity index (χ3n) is 3.64. The van der Waals surface area contributed by atoms with Crippen molar-refractivity contribution in [2.45, 2.75) is 32.2 Å². The van der Waals surface area contributed by atoms with Crippen molar-refractivity contribution >= 4 is 17.5 Å². The summed E-state index contributed by atoms with van der Waals surface area (Å²) in [4.78, 5) is 12.2. The quantitative estimate of drug-likeness (QED) is 0.913. The van der Waals surface area contributed by atoms with Crippen molar-refractivity contribution in [1.29, 1.82) is 0 Å². The first-order valence-corrected chi connectivity index (χ1v) is 7.20. The van der Waals surface area contributed by atoms with Crippen LogP contribution in [-0.2, 0) is 19.4 Å². The van der Waals surface area contributed by atoms with E-state index in [1.54, 1.807) is 0 Å². The van der Waals surface area contributed by atoms with Gasteiger partial charge in [-0.2, -0.15) is 5.10 Å². The van der Waals surface area contributed by atoms with E-state index < -0.39 is 0 Å². The van der Waals surface area contributed by atoms with Crippen LogP contribution in [0.5, 0.6) is 0 Å². The third-order valence-corrected chi connectivity index (χ3v) is 3.89. The number of aryl methyl sites for hydroxylation is 1. The number of carbonyl (C=O) groups is 1. The second-order valence-electron chi connectivity index (χ2n) is 5.05. The van der Waals surface area contributed by atoms with E-state index in [4.69, 9.17) is 11.6 Å². The van der Waals surface area contributed by atoms with Crippen molar-refractivity contribution in [1.82, 2.24) is 15.5 Å². The van der Waals surface area contributed by atoms with Gasteiger partial charge < -0.3 is 5.32 Å². The lowest BCUT2D eigenvalue weighted by Gasteiger charge is -2.11. The summed E-state index contributed by atoms with van der Waals surface area (Å²) in [6.07, 6.45) is 4.23. The zero-order valence-corrected chi connectivity index (χ0v) is 11.8. The highest BCUT2D eigenvalue weighted by Gasteiger charge is 2.21. The molecule has 0 saturated carbocycles. The molecule has 104 valence electrons. The highest BCUT2D eigenvalue weighted by molar-refractivity contribution is 6.30. The van der Waals surface area contributed by atoms with Crippen LogP contribution in [-0.4, -0.2) is 16.1 Å². The normalized spacial score (nSPS) is 13.8. The number of H-pyrrole nitrogens is 1. The van der Waals surface area contributed by atoms with Gasteiger partial charge in [-0.25, -0.2) is 0 Å². The van der Waals surface area contributed by atoms with Crippen LogP contribution in [0.2, 0.25) is 5.02 Å². The van der Waals surface area contributed by atoms with Gasteiger partial charge >= 0.3 is 0 Å². The van der Waals surface area contributed by atoms with Crippen LogP contribution in [0.25, 0.3) is 0 Å². The summed E-state index contributed by atoms with van der Waals surface area (Å²) in [6.45, 7) is 0.484. The molecule has 0 atom stereocenters. The van der Waals surface area contributed by atoms with Gasteiger partial charge in [-0.05, 0) is 43.4 Å². The van der Waals surface area contributed by atoms with E-state index in [9.17, 15) is 4.79 Å². The van der Waals surface area contributed by atoms with Gasteiger partial charge in [0.15, 0.2) is 5.69 Å². The molecule has 4 nitrogen and oxygen atoms in total. The second kappa shape index (κ2) is 5.67. The Hall–Kier alpha value is -1.81. The fourth-order valence-corrected chi connectivity index (χ4v) is 2.66. The highest BCUT2D eigenvalue weighted by Crippen LogP contribution is 2.22. The number of benzene rings is 1. The van der Waals surface area contributed by atoms with Crippen LogP contribution in [0.3, 0.4) is 0 Å². The van der Waals surface area contributed by atoms with Gasteiger partial charge in [0.25, 0.3) is 5.91 Å². The second-order valence-corrected chi connectivity index (χ2v) is 5.48. The smallest absolute Gasteiger partial charge is 0.272 e. The lowest BCUT2D eigenvalue weighted by Crippen LogP contribution is -2.24. The van der Waals surface area contributed by atoms with Crippen molar-refractivity contribution in [3.63, 3.8) is 0 Å². The number of hydrogen-bond acceptors (Lipinski definition) is 2. The van der Waals surface area contributed by atoms with Gasteiger partial charge in [0, 0.05) is 22.8 Å². The van der Waals surface area contributed by atoms with Gasteiger partial charge in [-0.3, -0.25) is 9.89 Å². The molecule has 0 aliphatic heterocycles. The summed E-state index contributed by atoms with van der Waals surface area (Å²) in [5.74, 6) is -0.112. The summed E-state index contributed by atoms with van der Waals surface area (Å²) >= 11 is 5.83. The Morgan fingerprint density at radius 3 is 2.80 bits per heavy atom. The molecule has 1 amide bonds. The molecule has 20 heavy (non-hydrogen) atoms. The number of halogens is 1. The van der Waals surface area contributed by atoms with E-state index in [1.807, 2.05) is 24.3 Å². The van der Waals surface area contributed by atoms with Crippen LogP contribution in [0.1, 0.15) is 40.2 Å². The van der Waals surface area contributed by atoms with E-state index in [0.717, 1.165) is 36.1 Å². The SMILES string of the molecule is O=C(NCc1ccc(Cl)cc1)c1n[nH]c2c1CCCC2. The Morgan fingerprint density at radius 2 is 2.00 bits per heavy atom. The summed E-state index contributed by atoms with van der Waals surface area (Å²) in [5.41, 5.74) is 3.78. The molecule has 1 aromatic carbocycles. The zero-order chi connectivity index (χ0) is 13.9. The van der Waals surface area contributed by atoms with Crippen LogP contribution in [0.15, 0.2) is 24.3 Å². The molecule has 1 heterocycles. The van der Waals surface area contributed by atoms with Crippen LogP contribution in [0.4, 0.5) is 0 Å². The first-order chi connectivity index (χ1) is 9.74. The molecule has 1 aromatic heterocycles. The molecule has 0 unspecified atom stereocenters.